The summed E-state index contributed by atoms with van der Waals surface area (Å²) in [7, 11) is 0. The van der Waals surface area contributed by atoms with Crippen LogP contribution in [-0.2, 0) is 4.79 Å². The normalized spacial score (nSPS) is 14.5. The summed E-state index contributed by atoms with van der Waals surface area (Å²) in [4.78, 5) is 11.0. The van der Waals surface area contributed by atoms with Crippen LogP contribution in [0.1, 0.15) is 13.8 Å². The minimum Gasteiger partial charge on any atom is -0.348 e. The minimum atomic E-state index is -4.22. The molecule has 15 heavy (non-hydrogen) atoms. The second kappa shape index (κ2) is 5.29. The molecule has 3 nitrogen and oxygen atoms in total. The van der Waals surface area contributed by atoms with Crippen molar-refractivity contribution in [1.82, 2.24) is 5.32 Å². The number of amides is 1. The first-order valence-electron chi connectivity index (χ1n) is 4.37. The van der Waals surface area contributed by atoms with Gasteiger partial charge >= 0.3 is 12.3 Å². The van der Waals surface area contributed by atoms with Crippen molar-refractivity contribution in [3.63, 3.8) is 0 Å². The lowest BCUT2D eigenvalue weighted by molar-refractivity contribution is -0.137. The molecule has 0 aromatic rings. The Hall–Kier alpha value is -0.850. The maximum absolute atomic E-state index is 12.4. The van der Waals surface area contributed by atoms with Crippen LogP contribution < -0.4 is 11.1 Å². The smallest absolute Gasteiger partial charge is 0.324 e. The molecule has 1 atom stereocenters. The molecule has 0 aliphatic carbocycles. The Bertz CT molecular complexity index is 221. The predicted octanol–water partition coefficient (Wildman–Crippen LogP) is 0.986. The highest BCUT2D eigenvalue weighted by Crippen LogP contribution is 2.21. The van der Waals surface area contributed by atoms with E-state index in [4.69, 9.17) is 5.73 Å². The first-order chi connectivity index (χ1) is 6.68. The zero-order valence-corrected chi connectivity index (χ0v) is 8.44. The molecule has 0 aliphatic rings. The lowest BCUT2D eigenvalue weighted by Gasteiger charge is -2.19. The molecule has 0 bridgehead atoms. The van der Waals surface area contributed by atoms with Gasteiger partial charge in [-0.05, 0) is 5.92 Å². The number of nitrogens with one attached hydrogen (secondary N) is 1. The van der Waals surface area contributed by atoms with Crippen LogP contribution in [-0.4, -0.2) is 30.8 Å². The minimum absolute atomic E-state index is 0.245. The molecule has 0 heterocycles. The zero-order valence-electron chi connectivity index (χ0n) is 8.44. The third kappa shape index (κ3) is 4.46. The fourth-order valence-corrected chi connectivity index (χ4v) is 0.703. The average molecular weight is 230 g/mol. The van der Waals surface area contributed by atoms with Crippen molar-refractivity contribution in [2.75, 3.05) is 6.54 Å². The molecule has 1 amide bonds. The van der Waals surface area contributed by atoms with Gasteiger partial charge in [0.1, 0.15) is 0 Å². The zero-order chi connectivity index (χ0) is 12.2. The summed E-state index contributed by atoms with van der Waals surface area (Å²) in [5.41, 5.74) is 5.32. The van der Waals surface area contributed by atoms with Crippen molar-refractivity contribution in [2.24, 2.45) is 11.7 Å². The summed E-state index contributed by atoms with van der Waals surface area (Å²) in [6.07, 6.45) is -3.80. The second-order valence-corrected chi connectivity index (χ2v) is 3.55. The van der Waals surface area contributed by atoms with Crippen molar-refractivity contribution in [2.45, 2.75) is 32.2 Å². The molecular weight excluding hydrogens is 216 g/mol. The van der Waals surface area contributed by atoms with E-state index in [9.17, 15) is 22.4 Å². The molecule has 0 spiro atoms. The van der Waals surface area contributed by atoms with Crippen LogP contribution >= 0.6 is 0 Å². The third-order valence-electron chi connectivity index (χ3n) is 1.84. The summed E-state index contributed by atoms with van der Waals surface area (Å²) < 4.78 is 48.1. The molecule has 0 rings (SSSR count). The molecule has 0 radical (unpaired) electrons. The van der Waals surface area contributed by atoms with E-state index in [-0.39, 0.29) is 5.92 Å². The Morgan fingerprint density at radius 2 is 1.87 bits per heavy atom. The molecule has 0 fully saturated rings. The first-order valence-corrected chi connectivity index (χ1v) is 4.37. The van der Waals surface area contributed by atoms with Gasteiger partial charge in [-0.15, -0.1) is 0 Å². The third-order valence-corrected chi connectivity index (χ3v) is 1.84. The molecule has 1 unspecified atom stereocenters. The second-order valence-electron chi connectivity index (χ2n) is 3.55. The predicted molar refractivity (Wildman–Crippen MR) is 46.8 cm³/mol. The highest BCUT2D eigenvalue weighted by atomic mass is 19.3. The number of carbonyl (C=O) groups excluding carboxylic acids is 1. The summed E-state index contributed by atoms with van der Waals surface area (Å²) in [5.74, 6) is -5.32. The number of alkyl halides is 4. The molecule has 7 heteroatoms. The molecule has 0 aromatic carbocycles. The number of rotatable bonds is 5. The van der Waals surface area contributed by atoms with Crippen LogP contribution in [0.2, 0.25) is 0 Å². The average Bonchev–Trinajstić information content (AvgIpc) is 2.12. The summed E-state index contributed by atoms with van der Waals surface area (Å²) >= 11 is 0. The van der Waals surface area contributed by atoms with Gasteiger partial charge in [0.15, 0.2) is 0 Å². The van der Waals surface area contributed by atoms with Gasteiger partial charge in [-0.1, -0.05) is 13.8 Å². The maximum Gasteiger partial charge on any atom is 0.324 e. The van der Waals surface area contributed by atoms with E-state index in [1.807, 2.05) is 0 Å². The van der Waals surface area contributed by atoms with Gasteiger partial charge in [0.25, 0.3) is 0 Å². The number of nitrogens with two attached hydrogens (primary N) is 1. The molecule has 90 valence electrons. The fourth-order valence-electron chi connectivity index (χ4n) is 0.703. The van der Waals surface area contributed by atoms with E-state index in [1.54, 1.807) is 19.2 Å². The van der Waals surface area contributed by atoms with Crippen molar-refractivity contribution >= 4 is 5.91 Å². The lowest BCUT2D eigenvalue weighted by Crippen LogP contribution is -2.49. The largest absolute Gasteiger partial charge is 0.348 e. The molecule has 0 aliphatic heterocycles. The SMILES string of the molecule is CC(C)C(N)C(=O)NCC(F)(F)C(F)F. The summed E-state index contributed by atoms with van der Waals surface area (Å²) in [6, 6.07) is -0.974. The standard InChI is InChI=1S/C8H14F4N2O/c1-4(2)5(13)6(15)14-3-8(11,12)7(9)10/h4-5,7H,3,13H2,1-2H3,(H,14,15). The van der Waals surface area contributed by atoms with Crippen LogP contribution in [0.4, 0.5) is 17.6 Å². The van der Waals surface area contributed by atoms with Gasteiger partial charge in [-0.2, -0.15) is 8.78 Å². The fraction of sp³-hybridized carbons (Fsp3) is 0.875. The van der Waals surface area contributed by atoms with Gasteiger partial charge in [0.2, 0.25) is 5.91 Å². The number of carbonyl (C=O) groups is 1. The van der Waals surface area contributed by atoms with Gasteiger partial charge in [0, 0.05) is 0 Å². The Balaban J connectivity index is 4.12. The van der Waals surface area contributed by atoms with Crippen LogP contribution in [0.5, 0.6) is 0 Å². The lowest BCUT2D eigenvalue weighted by atomic mass is 10.1. The van der Waals surface area contributed by atoms with E-state index in [0.717, 1.165) is 0 Å². The van der Waals surface area contributed by atoms with Crippen LogP contribution in [0.3, 0.4) is 0 Å². The number of hydrogen-bond acceptors (Lipinski definition) is 2. The van der Waals surface area contributed by atoms with E-state index in [0.29, 0.717) is 0 Å². The highest BCUT2D eigenvalue weighted by molar-refractivity contribution is 5.81. The quantitative estimate of drug-likeness (QED) is 0.692. The van der Waals surface area contributed by atoms with Crippen molar-refractivity contribution in [3.8, 4) is 0 Å². The highest BCUT2D eigenvalue weighted by Gasteiger charge is 2.41. The van der Waals surface area contributed by atoms with Gasteiger partial charge < -0.3 is 11.1 Å². The van der Waals surface area contributed by atoms with Crippen molar-refractivity contribution < 1.29 is 22.4 Å². The van der Waals surface area contributed by atoms with Crippen molar-refractivity contribution in [1.29, 1.82) is 0 Å². The Labute approximate surface area is 85.0 Å². The molecular formula is C8H14F4N2O. The van der Waals surface area contributed by atoms with Gasteiger partial charge in [-0.25, -0.2) is 8.78 Å². The summed E-state index contributed by atoms with van der Waals surface area (Å²) in [6.45, 7) is 1.84. The van der Waals surface area contributed by atoms with E-state index < -0.39 is 30.8 Å². The summed E-state index contributed by atoms with van der Waals surface area (Å²) in [5, 5.41) is 1.69. The monoisotopic (exact) mass is 230 g/mol. The molecule has 0 saturated carbocycles. The Morgan fingerprint density at radius 3 is 2.20 bits per heavy atom. The molecule has 3 N–H and O–H groups in total. The van der Waals surface area contributed by atoms with Crippen LogP contribution in [0.15, 0.2) is 0 Å². The molecule has 0 aromatic heterocycles. The molecule has 0 saturated heterocycles. The van der Waals surface area contributed by atoms with Crippen LogP contribution in [0.25, 0.3) is 0 Å². The number of halogens is 4. The topological polar surface area (TPSA) is 55.1 Å². The van der Waals surface area contributed by atoms with Crippen molar-refractivity contribution in [3.05, 3.63) is 0 Å². The maximum atomic E-state index is 12.4. The van der Waals surface area contributed by atoms with Gasteiger partial charge in [0.05, 0.1) is 12.6 Å². The van der Waals surface area contributed by atoms with E-state index in [1.165, 1.54) is 0 Å². The Kier molecular flexibility index (Phi) is 4.99. The van der Waals surface area contributed by atoms with Crippen LogP contribution in [0, 0.1) is 5.92 Å². The Morgan fingerprint density at radius 1 is 1.40 bits per heavy atom. The number of hydrogen-bond donors (Lipinski definition) is 2. The van der Waals surface area contributed by atoms with E-state index in [2.05, 4.69) is 0 Å². The van der Waals surface area contributed by atoms with Gasteiger partial charge in [-0.3, -0.25) is 4.79 Å². The first kappa shape index (κ1) is 14.2. The van der Waals surface area contributed by atoms with E-state index >= 15 is 0 Å².